The Kier molecular flexibility index (Phi) is 9.32. The van der Waals surface area contributed by atoms with Crippen LogP contribution in [0.25, 0.3) is 32.3 Å². The van der Waals surface area contributed by atoms with Crippen molar-refractivity contribution in [3.05, 3.63) is 151 Å². The van der Waals surface area contributed by atoms with Gasteiger partial charge in [-0.2, -0.15) is 5.26 Å². The first kappa shape index (κ1) is 37.5. The van der Waals surface area contributed by atoms with E-state index in [4.69, 9.17) is 0 Å². The van der Waals surface area contributed by atoms with Crippen LogP contribution in [0.2, 0.25) is 58.9 Å². The van der Waals surface area contributed by atoms with E-state index >= 15 is 0 Å². The van der Waals surface area contributed by atoms with Gasteiger partial charge in [-0.1, -0.05) is 162 Å². The first-order valence-electron chi connectivity index (χ1n) is 19.8. The number of benzene rings is 8. The molecule has 8 rings (SSSR count). The molecule has 278 valence electrons. The number of hydrogen-bond acceptors (Lipinski definition) is 3. The highest BCUT2D eigenvalue weighted by Gasteiger charge is 2.31. The summed E-state index contributed by atoms with van der Waals surface area (Å²) in [7, 11) is -5.35. The van der Waals surface area contributed by atoms with Gasteiger partial charge >= 0.3 is 0 Å². The molecule has 0 aliphatic carbocycles. The average molecular weight is 778 g/mol. The molecule has 0 atom stereocenters. The van der Waals surface area contributed by atoms with Crippen molar-refractivity contribution in [2.24, 2.45) is 0 Å². The Balaban J connectivity index is 1.47. The standard InChI is InChI=1S/C50H51N3Si3/c1-54(2,3)46-23-15-12-20-43(46)52(40-19-11-10-18-37(40)34-51)41-32-28-35-27-31-39-42(33-29-36-26-30-38(41)49(35)50(36)39)53(44-21-13-16-24-47(44)55(4,5)6)45-22-14-17-25-48(45)56(7,8)9/h10-33H,1-9H3. The Bertz CT molecular complexity index is 2740. The van der Waals surface area contributed by atoms with Gasteiger partial charge in [-0.05, 0) is 79.6 Å². The molecule has 8 aromatic carbocycles. The molecule has 8 aromatic rings. The van der Waals surface area contributed by atoms with Crippen molar-refractivity contribution in [3.8, 4) is 6.07 Å². The molecule has 0 N–H and O–H groups in total. The van der Waals surface area contributed by atoms with Crippen LogP contribution in [0.1, 0.15) is 5.56 Å². The molecule has 6 heteroatoms. The first-order valence-corrected chi connectivity index (χ1v) is 30.3. The maximum atomic E-state index is 10.5. The maximum Gasteiger partial charge on any atom is 0.101 e. The Morgan fingerprint density at radius 3 is 1.05 bits per heavy atom. The summed E-state index contributed by atoms with van der Waals surface area (Å²) in [5.41, 5.74) is 7.52. The fourth-order valence-electron chi connectivity index (χ4n) is 8.61. The number of anilines is 6. The van der Waals surface area contributed by atoms with Gasteiger partial charge in [0.05, 0.1) is 46.8 Å². The number of nitriles is 1. The molecule has 0 unspecified atom stereocenters. The minimum absolute atomic E-state index is 0.656. The lowest BCUT2D eigenvalue weighted by atomic mass is 9.91. The average Bonchev–Trinajstić information content (AvgIpc) is 3.17. The van der Waals surface area contributed by atoms with Gasteiger partial charge in [0.15, 0.2) is 0 Å². The van der Waals surface area contributed by atoms with Crippen LogP contribution in [-0.4, -0.2) is 24.2 Å². The Labute approximate surface area is 335 Å². The van der Waals surface area contributed by atoms with Crippen LogP contribution in [0.4, 0.5) is 34.1 Å². The van der Waals surface area contributed by atoms with Crippen molar-refractivity contribution in [3.63, 3.8) is 0 Å². The molecule has 0 aliphatic rings. The van der Waals surface area contributed by atoms with Gasteiger partial charge in [0.1, 0.15) is 6.07 Å². The fraction of sp³-hybridized carbons (Fsp3) is 0.180. The summed E-state index contributed by atoms with van der Waals surface area (Å²) in [5, 5.41) is 22.1. The highest BCUT2D eigenvalue weighted by Crippen LogP contribution is 2.47. The van der Waals surface area contributed by atoms with Gasteiger partial charge in [-0.15, -0.1) is 0 Å². The van der Waals surface area contributed by atoms with E-state index in [0.29, 0.717) is 5.56 Å². The Hall–Kier alpha value is -5.46. The number of rotatable bonds is 9. The van der Waals surface area contributed by atoms with E-state index < -0.39 is 24.2 Å². The summed E-state index contributed by atoms with van der Waals surface area (Å²) >= 11 is 0. The molecular weight excluding hydrogens is 727 g/mol. The molecule has 0 radical (unpaired) electrons. The molecule has 0 spiro atoms. The second-order valence-electron chi connectivity index (χ2n) is 18.2. The summed E-state index contributed by atoms with van der Waals surface area (Å²) in [6.07, 6.45) is 0. The van der Waals surface area contributed by atoms with E-state index in [1.54, 1.807) is 0 Å². The van der Waals surface area contributed by atoms with Gasteiger partial charge in [0.2, 0.25) is 0 Å². The molecule has 0 bridgehead atoms. The normalized spacial score (nSPS) is 12.4. The molecular formula is C50H51N3Si3. The van der Waals surface area contributed by atoms with Crippen molar-refractivity contribution >= 4 is 106 Å². The quantitative estimate of drug-likeness (QED) is 0.108. The Morgan fingerprint density at radius 1 is 0.357 bits per heavy atom. The third kappa shape index (κ3) is 6.44. The van der Waals surface area contributed by atoms with Gasteiger partial charge in [-0.25, -0.2) is 0 Å². The SMILES string of the molecule is C[Si](C)(C)c1ccccc1N(c1ccccc1C#N)c1ccc2ccc3c(N(c4ccccc4[Si](C)(C)C)c4ccccc4[Si](C)(C)C)ccc4ccc1c2c43. The molecule has 0 fully saturated rings. The van der Waals surface area contributed by atoms with Crippen molar-refractivity contribution in [2.45, 2.75) is 58.9 Å². The van der Waals surface area contributed by atoms with Crippen molar-refractivity contribution in [1.82, 2.24) is 0 Å². The zero-order valence-electron chi connectivity index (χ0n) is 34.2. The van der Waals surface area contributed by atoms with E-state index in [2.05, 4.69) is 202 Å². The van der Waals surface area contributed by atoms with Crippen LogP contribution in [0.5, 0.6) is 0 Å². The lowest BCUT2D eigenvalue weighted by Gasteiger charge is -2.35. The third-order valence-corrected chi connectivity index (χ3v) is 17.3. The Morgan fingerprint density at radius 2 is 0.679 bits per heavy atom. The largest absolute Gasteiger partial charge is 0.310 e. The van der Waals surface area contributed by atoms with Crippen LogP contribution in [0.15, 0.2) is 146 Å². The van der Waals surface area contributed by atoms with Crippen LogP contribution in [0, 0.1) is 11.3 Å². The smallest absolute Gasteiger partial charge is 0.101 e. The van der Waals surface area contributed by atoms with Gasteiger partial charge in [0.25, 0.3) is 0 Å². The molecule has 3 nitrogen and oxygen atoms in total. The molecule has 0 amide bonds. The van der Waals surface area contributed by atoms with Crippen LogP contribution >= 0.6 is 0 Å². The molecule has 0 aliphatic heterocycles. The van der Waals surface area contributed by atoms with E-state index in [1.165, 1.54) is 64.9 Å². The van der Waals surface area contributed by atoms with E-state index in [0.717, 1.165) is 17.1 Å². The number of hydrogen-bond donors (Lipinski definition) is 0. The van der Waals surface area contributed by atoms with Crippen molar-refractivity contribution < 1.29 is 0 Å². The van der Waals surface area contributed by atoms with Gasteiger partial charge in [0, 0.05) is 27.8 Å². The van der Waals surface area contributed by atoms with Crippen LogP contribution < -0.4 is 25.4 Å². The molecule has 0 saturated heterocycles. The summed E-state index contributed by atoms with van der Waals surface area (Å²) in [6, 6.07) is 56.1. The van der Waals surface area contributed by atoms with E-state index in [-0.39, 0.29) is 0 Å². The van der Waals surface area contributed by atoms with Crippen molar-refractivity contribution in [2.75, 3.05) is 9.80 Å². The van der Waals surface area contributed by atoms with Gasteiger partial charge in [-0.3, -0.25) is 0 Å². The lowest BCUT2D eigenvalue weighted by Crippen LogP contribution is -2.43. The van der Waals surface area contributed by atoms with Crippen LogP contribution in [-0.2, 0) is 0 Å². The lowest BCUT2D eigenvalue weighted by molar-refractivity contribution is 1.29. The molecule has 56 heavy (non-hydrogen) atoms. The van der Waals surface area contributed by atoms with E-state index in [1.807, 2.05) is 18.2 Å². The zero-order valence-corrected chi connectivity index (χ0v) is 37.2. The van der Waals surface area contributed by atoms with Crippen molar-refractivity contribution in [1.29, 1.82) is 5.26 Å². The van der Waals surface area contributed by atoms with Gasteiger partial charge < -0.3 is 9.80 Å². The van der Waals surface area contributed by atoms with Crippen LogP contribution in [0.3, 0.4) is 0 Å². The molecule has 0 heterocycles. The predicted octanol–water partition coefficient (Wildman–Crippen LogP) is 13.0. The topological polar surface area (TPSA) is 30.3 Å². The minimum Gasteiger partial charge on any atom is -0.310 e. The second-order valence-corrected chi connectivity index (χ2v) is 33.3. The summed E-state index contributed by atoms with van der Waals surface area (Å²) in [4.78, 5) is 4.95. The summed E-state index contributed by atoms with van der Waals surface area (Å²) in [6.45, 7) is 21.9. The predicted molar refractivity (Wildman–Crippen MR) is 253 cm³/mol. The minimum atomic E-state index is -1.81. The monoisotopic (exact) mass is 777 g/mol. The van der Waals surface area contributed by atoms with E-state index in [9.17, 15) is 5.26 Å². The number of nitrogens with zero attached hydrogens (tertiary/aromatic N) is 3. The maximum absolute atomic E-state index is 10.5. The molecule has 0 aromatic heterocycles. The number of para-hydroxylation sites is 4. The second kappa shape index (κ2) is 13.9. The third-order valence-electron chi connectivity index (χ3n) is 11.2. The molecule has 0 saturated carbocycles. The fourth-order valence-corrected chi connectivity index (χ4v) is 13.3. The first-order chi connectivity index (χ1) is 26.7. The summed E-state index contributed by atoms with van der Waals surface area (Å²) < 4.78 is 0. The highest BCUT2D eigenvalue weighted by molar-refractivity contribution is 6.91. The summed E-state index contributed by atoms with van der Waals surface area (Å²) in [5.74, 6) is 0. The highest BCUT2D eigenvalue weighted by atomic mass is 28.3. The zero-order chi connectivity index (χ0) is 39.6.